The summed E-state index contributed by atoms with van der Waals surface area (Å²) in [5.74, 6) is -0.348. The van der Waals surface area contributed by atoms with E-state index < -0.39 is 11.8 Å². The molecule has 2 heterocycles. The number of aromatic nitrogens is 3. The molecule has 0 radical (unpaired) electrons. The minimum Gasteiger partial charge on any atom is -0.486 e. The van der Waals surface area contributed by atoms with Crippen molar-refractivity contribution in [3.63, 3.8) is 0 Å². The lowest BCUT2D eigenvalue weighted by Gasteiger charge is -2.07. The monoisotopic (exact) mass is 435 g/mol. The fourth-order valence-corrected chi connectivity index (χ4v) is 2.75. The van der Waals surface area contributed by atoms with Gasteiger partial charge in [0.1, 0.15) is 36.6 Å². The first kappa shape index (κ1) is 20.8. The second kappa shape index (κ2) is 9.56. The number of anilines is 1. The lowest BCUT2D eigenvalue weighted by molar-refractivity contribution is -0.115. The second-order valence-corrected chi connectivity index (χ2v) is 6.63. The number of carbonyl (C=O) groups excluding carboxylic acids is 2. The standard InChI is InChI=1S/C22H18FN5O4/c23-15-1-7-18(8-2-15)31-12-19-9-10-20(32-19)22(30)25-11-21(29)27-16-3-5-17(6-4-16)28-14-24-13-26-28/h1-10,13-14H,11-12H2,(H,25,30)(H,27,29). The van der Waals surface area contributed by atoms with Crippen molar-refractivity contribution >= 4 is 17.5 Å². The first-order valence-corrected chi connectivity index (χ1v) is 9.57. The molecule has 4 rings (SSSR count). The van der Waals surface area contributed by atoms with Gasteiger partial charge in [-0.1, -0.05) is 0 Å². The summed E-state index contributed by atoms with van der Waals surface area (Å²) in [5, 5.41) is 9.22. The Kier molecular flexibility index (Phi) is 6.21. The van der Waals surface area contributed by atoms with E-state index in [2.05, 4.69) is 20.7 Å². The highest BCUT2D eigenvalue weighted by molar-refractivity contribution is 5.98. The van der Waals surface area contributed by atoms with Crippen LogP contribution in [0.1, 0.15) is 16.3 Å². The predicted molar refractivity (Wildman–Crippen MR) is 112 cm³/mol. The highest BCUT2D eigenvalue weighted by Gasteiger charge is 2.13. The summed E-state index contributed by atoms with van der Waals surface area (Å²) in [6.07, 6.45) is 3.00. The van der Waals surface area contributed by atoms with Gasteiger partial charge in [-0.3, -0.25) is 9.59 Å². The first-order valence-electron chi connectivity index (χ1n) is 9.57. The van der Waals surface area contributed by atoms with E-state index in [4.69, 9.17) is 9.15 Å². The molecule has 2 amide bonds. The number of nitrogens with zero attached hydrogens (tertiary/aromatic N) is 3. The van der Waals surface area contributed by atoms with E-state index >= 15 is 0 Å². The van der Waals surface area contributed by atoms with E-state index in [-0.39, 0.29) is 24.7 Å². The lowest BCUT2D eigenvalue weighted by Crippen LogP contribution is -2.32. The van der Waals surface area contributed by atoms with Crippen LogP contribution in [0.4, 0.5) is 10.1 Å². The molecule has 2 aromatic heterocycles. The Morgan fingerprint density at radius 2 is 1.81 bits per heavy atom. The Bertz CT molecular complexity index is 1190. The molecule has 0 aliphatic rings. The number of nitrogens with one attached hydrogen (secondary N) is 2. The van der Waals surface area contributed by atoms with E-state index in [1.807, 2.05) is 0 Å². The Balaban J connectivity index is 1.23. The Hall–Kier alpha value is -4.47. The molecule has 0 atom stereocenters. The maximum atomic E-state index is 12.9. The summed E-state index contributed by atoms with van der Waals surface area (Å²) in [5.41, 5.74) is 1.37. The van der Waals surface area contributed by atoms with Gasteiger partial charge in [0, 0.05) is 5.69 Å². The zero-order chi connectivity index (χ0) is 22.3. The van der Waals surface area contributed by atoms with Crippen LogP contribution >= 0.6 is 0 Å². The molecule has 0 aliphatic heterocycles. The molecule has 0 bridgehead atoms. The van der Waals surface area contributed by atoms with Crippen molar-refractivity contribution in [1.82, 2.24) is 20.1 Å². The Morgan fingerprint density at radius 1 is 1.03 bits per heavy atom. The van der Waals surface area contributed by atoms with Gasteiger partial charge in [-0.2, -0.15) is 5.10 Å². The van der Waals surface area contributed by atoms with E-state index in [1.165, 1.54) is 36.7 Å². The van der Waals surface area contributed by atoms with Crippen LogP contribution in [0.15, 0.2) is 77.7 Å². The van der Waals surface area contributed by atoms with Crippen molar-refractivity contribution in [1.29, 1.82) is 0 Å². The molecule has 0 fully saturated rings. The van der Waals surface area contributed by atoms with Gasteiger partial charge in [-0.25, -0.2) is 14.1 Å². The van der Waals surface area contributed by atoms with Crippen molar-refractivity contribution in [3.8, 4) is 11.4 Å². The average Bonchev–Trinajstić information content (AvgIpc) is 3.50. The lowest BCUT2D eigenvalue weighted by atomic mass is 10.3. The SMILES string of the molecule is O=C(CNC(=O)c1ccc(COc2ccc(F)cc2)o1)Nc1ccc(-n2cncn2)cc1. The normalized spacial score (nSPS) is 10.5. The molecule has 32 heavy (non-hydrogen) atoms. The average molecular weight is 435 g/mol. The van der Waals surface area contributed by atoms with Gasteiger partial charge < -0.3 is 19.8 Å². The quantitative estimate of drug-likeness (QED) is 0.440. The number of furan rings is 1. The summed E-state index contributed by atoms with van der Waals surface area (Å²) in [6, 6.07) is 15.6. The van der Waals surface area contributed by atoms with Crippen LogP contribution in [0, 0.1) is 5.82 Å². The number of hydrogen-bond donors (Lipinski definition) is 2. The van der Waals surface area contributed by atoms with Crippen molar-refractivity contribution in [2.24, 2.45) is 0 Å². The number of hydrogen-bond acceptors (Lipinski definition) is 6. The fraction of sp³-hybridized carbons (Fsp3) is 0.0909. The van der Waals surface area contributed by atoms with Crippen LogP contribution in [0.3, 0.4) is 0 Å². The van der Waals surface area contributed by atoms with Gasteiger partial charge in [0.15, 0.2) is 5.76 Å². The molecule has 9 nitrogen and oxygen atoms in total. The zero-order valence-corrected chi connectivity index (χ0v) is 16.7. The van der Waals surface area contributed by atoms with E-state index in [0.717, 1.165) is 5.69 Å². The van der Waals surface area contributed by atoms with E-state index in [1.54, 1.807) is 41.3 Å². The summed E-state index contributed by atoms with van der Waals surface area (Å²) in [7, 11) is 0. The van der Waals surface area contributed by atoms with Crippen LogP contribution < -0.4 is 15.4 Å². The number of halogens is 1. The van der Waals surface area contributed by atoms with Gasteiger partial charge in [-0.15, -0.1) is 0 Å². The topological polar surface area (TPSA) is 111 Å². The molecule has 4 aromatic rings. The summed E-state index contributed by atoms with van der Waals surface area (Å²) in [4.78, 5) is 28.2. The van der Waals surface area contributed by atoms with Crippen LogP contribution in [0.2, 0.25) is 0 Å². The number of carbonyl (C=O) groups is 2. The first-order chi connectivity index (χ1) is 15.6. The highest BCUT2D eigenvalue weighted by Crippen LogP contribution is 2.15. The second-order valence-electron chi connectivity index (χ2n) is 6.63. The van der Waals surface area contributed by atoms with Gasteiger partial charge in [0.05, 0.1) is 12.2 Å². The number of benzene rings is 2. The highest BCUT2D eigenvalue weighted by atomic mass is 19.1. The van der Waals surface area contributed by atoms with E-state index in [0.29, 0.717) is 17.2 Å². The molecular weight excluding hydrogens is 417 g/mol. The minimum atomic E-state index is -0.533. The maximum Gasteiger partial charge on any atom is 0.287 e. The third kappa shape index (κ3) is 5.36. The van der Waals surface area contributed by atoms with Crippen LogP contribution in [0.25, 0.3) is 5.69 Å². The van der Waals surface area contributed by atoms with Gasteiger partial charge in [0.2, 0.25) is 5.91 Å². The Morgan fingerprint density at radius 3 is 2.53 bits per heavy atom. The third-order valence-corrected chi connectivity index (χ3v) is 4.32. The van der Waals surface area contributed by atoms with Gasteiger partial charge in [0.25, 0.3) is 5.91 Å². The maximum absolute atomic E-state index is 12.9. The summed E-state index contributed by atoms with van der Waals surface area (Å²) in [6.45, 7) is -0.157. The van der Waals surface area contributed by atoms with Gasteiger partial charge in [-0.05, 0) is 60.7 Å². The molecule has 162 valence electrons. The summed E-state index contributed by atoms with van der Waals surface area (Å²) >= 11 is 0. The minimum absolute atomic E-state index is 0.0488. The molecule has 0 aliphatic carbocycles. The van der Waals surface area contributed by atoms with Crippen molar-refractivity contribution in [2.45, 2.75) is 6.61 Å². The third-order valence-electron chi connectivity index (χ3n) is 4.32. The Labute approximate surface area is 181 Å². The molecule has 2 N–H and O–H groups in total. The van der Waals surface area contributed by atoms with Crippen molar-refractivity contribution in [3.05, 3.63) is 90.7 Å². The number of rotatable bonds is 8. The smallest absolute Gasteiger partial charge is 0.287 e. The zero-order valence-electron chi connectivity index (χ0n) is 16.7. The predicted octanol–water partition coefficient (Wildman–Crippen LogP) is 2.95. The largest absolute Gasteiger partial charge is 0.486 e. The molecule has 10 heteroatoms. The molecular formula is C22H18FN5O4. The molecule has 0 saturated carbocycles. The molecule has 2 aromatic carbocycles. The molecule has 0 spiro atoms. The van der Waals surface area contributed by atoms with Crippen molar-refractivity contribution in [2.75, 3.05) is 11.9 Å². The van der Waals surface area contributed by atoms with Crippen LogP contribution in [0.5, 0.6) is 5.75 Å². The fourth-order valence-electron chi connectivity index (χ4n) is 2.75. The summed E-state index contributed by atoms with van der Waals surface area (Å²) < 4.78 is 25.4. The van der Waals surface area contributed by atoms with Crippen LogP contribution in [-0.2, 0) is 11.4 Å². The number of amides is 2. The van der Waals surface area contributed by atoms with Crippen molar-refractivity contribution < 1.29 is 23.1 Å². The van der Waals surface area contributed by atoms with Crippen LogP contribution in [-0.4, -0.2) is 33.1 Å². The number of ether oxygens (including phenoxy) is 1. The van der Waals surface area contributed by atoms with Gasteiger partial charge >= 0.3 is 0 Å². The molecule has 0 saturated heterocycles. The van der Waals surface area contributed by atoms with E-state index in [9.17, 15) is 14.0 Å². The molecule has 0 unspecified atom stereocenters.